The summed E-state index contributed by atoms with van der Waals surface area (Å²) in [5.41, 5.74) is 1.05. The fraction of sp³-hybridized carbons (Fsp3) is 0.312. The third kappa shape index (κ3) is 3.80. The first kappa shape index (κ1) is 17.8. The molecule has 2 aromatic heterocycles. The maximum Gasteiger partial charge on any atom is 0.311 e. The number of nitrogens with one attached hydrogen (secondary N) is 1. The quantitative estimate of drug-likeness (QED) is 0.458. The van der Waals surface area contributed by atoms with E-state index in [1.165, 1.54) is 23.7 Å². The van der Waals surface area contributed by atoms with Crippen molar-refractivity contribution in [2.75, 3.05) is 5.32 Å². The Morgan fingerprint density at radius 2 is 2.27 bits per heavy atom. The highest BCUT2D eigenvalue weighted by Gasteiger charge is 2.17. The summed E-state index contributed by atoms with van der Waals surface area (Å²) in [7, 11) is 0. The van der Waals surface area contributed by atoms with E-state index >= 15 is 0 Å². The van der Waals surface area contributed by atoms with Gasteiger partial charge in [-0.1, -0.05) is 36.8 Å². The third-order valence-corrected chi connectivity index (χ3v) is 4.84. The van der Waals surface area contributed by atoms with Gasteiger partial charge in [-0.15, -0.1) is 0 Å². The second-order valence-electron chi connectivity index (χ2n) is 5.61. The van der Waals surface area contributed by atoms with Gasteiger partial charge in [0.2, 0.25) is 0 Å². The van der Waals surface area contributed by atoms with Gasteiger partial charge in [-0.05, 0) is 12.8 Å². The number of aromatic nitrogens is 4. The van der Waals surface area contributed by atoms with Crippen LogP contribution < -0.4 is 5.32 Å². The van der Waals surface area contributed by atoms with E-state index in [1.807, 2.05) is 0 Å². The Bertz CT molecular complexity index is 894. The Hall–Kier alpha value is -3.01. The number of thiazole rings is 1. The number of unbranched alkanes of at least 4 members (excludes halogenated alkanes) is 1. The number of phenolic OH excluding ortho intramolecular Hbond substituents is 1. The Morgan fingerprint density at radius 1 is 1.42 bits per heavy atom. The summed E-state index contributed by atoms with van der Waals surface area (Å²) in [6, 6.07) is 4.46. The second-order valence-corrected chi connectivity index (χ2v) is 6.59. The number of phenols is 1. The van der Waals surface area contributed by atoms with Crippen molar-refractivity contribution < 1.29 is 10.0 Å². The van der Waals surface area contributed by atoms with E-state index in [0.717, 1.165) is 30.0 Å². The van der Waals surface area contributed by atoms with E-state index in [-0.39, 0.29) is 18.0 Å². The first-order valence-electron chi connectivity index (χ1n) is 8.14. The molecule has 10 heteroatoms. The summed E-state index contributed by atoms with van der Waals surface area (Å²) in [6.45, 7) is 2.34. The van der Waals surface area contributed by atoms with Crippen LogP contribution in [0, 0.1) is 10.1 Å². The lowest BCUT2D eigenvalue weighted by Crippen LogP contribution is -2.01. The number of nitro benzene ring substituents is 1. The van der Waals surface area contributed by atoms with Crippen LogP contribution >= 0.6 is 11.3 Å². The molecule has 136 valence electrons. The minimum atomic E-state index is -0.603. The lowest BCUT2D eigenvalue weighted by atomic mass is 10.1. The van der Waals surface area contributed by atoms with Gasteiger partial charge in [-0.2, -0.15) is 5.10 Å². The van der Waals surface area contributed by atoms with E-state index in [2.05, 4.69) is 27.3 Å². The number of nitro groups is 1. The number of rotatable bonds is 8. The van der Waals surface area contributed by atoms with Crippen molar-refractivity contribution >= 4 is 22.2 Å². The van der Waals surface area contributed by atoms with Gasteiger partial charge in [-0.25, -0.2) is 14.6 Å². The van der Waals surface area contributed by atoms with Crippen molar-refractivity contribution in [2.45, 2.75) is 32.7 Å². The highest BCUT2D eigenvalue weighted by molar-refractivity contribution is 7.18. The maximum atomic E-state index is 10.9. The fourth-order valence-corrected chi connectivity index (χ4v) is 3.39. The molecule has 0 aliphatic heterocycles. The van der Waals surface area contributed by atoms with Crippen LogP contribution in [0.2, 0.25) is 0 Å². The highest BCUT2D eigenvalue weighted by atomic mass is 32.1. The number of aryl methyl sites for hydroxylation is 1. The number of benzene rings is 1. The molecule has 0 atom stereocenters. The molecule has 1 aromatic carbocycles. The van der Waals surface area contributed by atoms with Gasteiger partial charge in [0.05, 0.1) is 10.6 Å². The van der Waals surface area contributed by atoms with E-state index < -0.39 is 4.92 Å². The van der Waals surface area contributed by atoms with Crippen LogP contribution in [0.1, 0.15) is 31.0 Å². The average Bonchev–Trinajstić information content (AvgIpc) is 3.28. The molecule has 3 rings (SSSR count). The van der Waals surface area contributed by atoms with Crippen LogP contribution in [-0.2, 0) is 13.0 Å². The van der Waals surface area contributed by atoms with Gasteiger partial charge < -0.3 is 10.4 Å². The first-order valence-corrected chi connectivity index (χ1v) is 8.95. The summed E-state index contributed by atoms with van der Waals surface area (Å²) in [5.74, 6) is -0.329. The first-order chi connectivity index (χ1) is 12.6. The zero-order chi connectivity index (χ0) is 18.5. The Labute approximate surface area is 153 Å². The molecule has 0 amide bonds. The zero-order valence-corrected chi connectivity index (χ0v) is 14.9. The Balaban J connectivity index is 1.80. The minimum absolute atomic E-state index is 0.227. The molecule has 0 saturated carbocycles. The largest absolute Gasteiger partial charge is 0.502 e. The zero-order valence-electron chi connectivity index (χ0n) is 14.1. The van der Waals surface area contributed by atoms with Crippen LogP contribution in [0.5, 0.6) is 5.75 Å². The molecule has 0 bridgehead atoms. The molecular formula is C16H18N6O3S. The maximum absolute atomic E-state index is 10.9. The van der Waals surface area contributed by atoms with Gasteiger partial charge in [0.15, 0.2) is 10.9 Å². The van der Waals surface area contributed by atoms with Gasteiger partial charge in [0.1, 0.15) is 17.7 Å². The van der Waals surface area contributed by atoms with Crippen LogP contribution in [0.4, 0.5) is 10.8 Å². The van der Waals surface area contributed by atoms with Gasteiger partial charge in [0, 0.05) is 18.2 Å². The SMILES string of the molecule is CCCCc1nc(NCc2cccc([N+](=O)[O-])c2O)sc1-n1cncn1. The van der Waals surface area contributed by atoms with Crippen LogP contribution in [0.15, 0.2) is 30.9 Å². The van der Waals surface area contributed by atoms with E-state index in [0.29, 0.717) is 10.7 Å². The number of hydrogen-bond acceptors (Lipinski definition) is 8. The van der Waals surface area contributed by atoms with E-state index in [9.17, 15) is 15.2 Å². The molecule has 0 unspecified atom stereocenters. The fourth-order valence-electron chi connectivity index (χ4n) is 2.46. The molecule has 0 aliphatic rings. The monoisotopic (exact) mass is 374 g/mol. The molecule has 26 heavy (non-hydrogen) atoms. The van der Waals surface area contributed by atoms with Crippen LogP contribution in [-0.4, -0.2) is 29.8 Å². The topological polar surface area (TPSA) is 119 Å². The van der Waals surface area contributed by atoms with Crippen molar-refractivity contribution in [1.82, 2.24) is 19.7 Å². The smallest absolute Gasteiger partial charge is 0.311 e. The summed E-state index contributed by atoms with van der Waals surface area (Å²) >= 11 is 1.43. The number of aromatic hydroxyl groups is 1. The third-order valence-electron chi connectivity index (χ3n) is 3.80. The second kappa shape index (κ2) is 7.91. The standard InChI is InChI=1S/C16H18N6O3S/c1-2-3-6-12-15(21-10-17-9-19-21)26-16(20-12)18-8-11-5-4-7-13(14(11)23)22(24)25/h4-5,7,9-10,23H,2-3,6,8H2,1H3,(H,18,20). The molecule has 0 fully saturated rings. The molecule has 2 N–H and O–H groups in total. The summed E-state index contributed by atoms with van der Waals surface area (Å²) in [4.78, 5) is 18.9. The number of anilines is 1. The molecule has 0 radical (unpaired) electrons. The van der Waals surface area contributed by atoms with Crippen molar-refractivity contribution in [3.63, 3.8) is 0 Å². The number of nitrogens with zero attached hydrogens (tertiary/aromatic N) is 5. The van der Waals surface area contributed by atoms with E-state index in [1.54, 1.807) is 23.1 Å². The molecule has 2 heterocycles. The Morgan fingerprint density at radius 3 is 2.96 bits per heavy atom. The van der Waals surface area contributed by atoms with Gasteiger partial charge in [0.25, 0.3) is 0 Å². The predicted octanol–water partition coefficient (Wildman–Crippen LogP) is 3.29. The van der Waals surface area contributed by atoms with Crippen LogP contribution in [0.3, 0.4) is 0 Å². The van der Waals surface area contributed by atoms with Gasteiger partial charge >= 0.3 is 5.69 Å². The molecule has 0 aliphatic carbocycles. The molecule has 0 spiro atoms. The van der Waals surface area contributed by atoms with E-state index in [4.69, 9.17) is 0 Å². The average molecular weight is 374 g/mol. The van der Waals surface area contributed by atoms with Crippen LogP contribution in [0.25, 0.3) is 5.00 Å². The summed E-state index contributed by atoms with van der Waals surface area (Å²) in [6.07, 6.45) is 5.98. The van der Waals surface area contributed by atoms with Crippen molar-refractivity contribution in [2.24, 2.45) is 0 Å². The molecular weight excluding hydrogens is 356 g/mol. The van der Waals surface area contributed by atoms with Crippen molar-refractivity contribution in [1.29, 1.82) is 0 Å². The molecule has 9 nitrogen and oxygen atoms in total. The van der Waals surface area contributed by atoms with Gasteiger partial charge in [-0.3, -0.25) is 10.1 Å². The lowest BCUT2D eigenvalue weighted by molar-refractivity contribution is -0.385. The summed E-state index contributed by atoms with van der Waals surface area (Å²) < 4.78 is 1.68. The number of hydrogen-bond donors (Lipinski definition) is 2. The minimum Gasteiger partial charge on any atom is -0.502 e. The number of para-hydroxylation sites is 1. The molecule has 0 saturated heterocycles. The Kier molecular flexibility index (Phi) is 5.42. The molecule has 3 aromatic rings. The van der Waals surface area contributed by atoms with Crippen molar-refractivity contribution in [3.8, 4) is 10.8 Å². The highest BCUT2D eigenvalue weighted by Crippen LogP contribution is 2.31. The van der Waals surface area contributed by atoms with Crippen molar-refractivity contribution in [3.05, 3.63) is 52.2 Å². The summed E-state index contributed by atoms with van der Waals surface area (Å²) in [5, 5.41) is 29.8. The lowest BCUT2D eigenvalue weighted by Gasteiger charge is -2.05. The normalized spacial score (nSPS) is 10.8. The predicted molar refractivity (Wildman–Crippen MR) is 97.7 cm³/mol.